The number of aryl methyl sites for hydroxylation is 1. The van der Waals surface area contributed by atoms with Gasteiger partial charge in [-0.1, -0.05) is 6.07 Å². The Morgan fingerprint density at radius 2 is 2.30 bits per heavy atom. The number of primary amides is 1. The second kappa shape index (κ2) is 5.87. The monoisotopic (exact) mass is 279 g/mol. The number of nitrogens with zero attached hydrogens (tertiary/aromatic N) is 1. The summed E-state index contributed by atoms with van der Waals surface area (Å²) in [5.74, 6) is -0.464. The largest absolute Gasteiger partial charge is 0.377 e. The van der Waals surface area contributed by atoms with Gasteiger partial charge in [0.2, 0.25) is 5.91 Å². The number of hydrogen-bond acceptors (Lipinski definition) is 5. The van der Waals surface area contributed by atoms with Crippen molar-refractivity contribution >= 4 is 17.3 Å². The van der Waals surface area contributed by atoms with Crippen molar-refractivity contribution in [1.29, 1.82) is 0 Å². The van der Waals surface area contributed by atoms with Gasteiger partial charge in [-0.25, -0.2) is 0 Å². The minimum Gasteiger partial charge on any atom is -0.377 e. The molecule has 0 aromatic heterocycles. The first kappa shape index (κ1) is 14.3. The van der Waals surface area contributed by atoms with Gasteiger partial charge in [-0.2, -0.15) is 0 Å². The Morgan fingerprint density at radius 3 is 2.90 bits per heavy atom. The average Bonchev–Trinajstić information content (AvgIpc) is 2.85. The topological polar surface area (TPSA) is 107 Å². The first-order chi connectivity index (χ1) is 9.47. The van der Waals surface area contributed by atoms with Crippen molar-refractivity contribution < 1.29 is 14.5 Å². The van der Waals surface area contributed by atoms with Crippen LogP contribution in [-0.4, -0.2) is 29.6 Å². The zero-order chi connectivity index (χ0) is 14.7. The predicted molar refractivity (Wildman–Crippen MR) is 73.4 cm³/mol. The summed E-state index contributed by atoms with van der Waals surface area (Å²) in [7, 11) is 0. The SMILES string of the molecule is Cc1ccc([N+](=O)[O-])c(NCC2CCC(C(N)=O)O2)c1. The van der Waals surface area contributed by atoms with Crippen LogP contribution in [0.1, 0.15) is 18.4 Å². The molecule has 1 fully saturated rings. The van der Waals surface area contributed by atoms with E-state index < -0.39 is 16.9 Å². The molecule has 2 atom stereocenters. The molecule has 0 radical (unpaired) electrons. The fourth-order valence-electron chi connectivity index (χ4n) is 2.24. The second-order valence-electron chi connectivity index (χ2n) is 4.89. The Hall–Kier alpha value is -2.15. The van der Waals surface area contributed by atoms with Gasteiger partial charge in [0.15, 0.2) is 0 Å². The highest BCUT2D eigenvalue weighted by atomic mass is 16.6. The summed E-state index contributed by atoms with van der Waals surface area (Å²) in [5.41, 5.74) is 6.60. The van der Waals surface area contributed by atoms with E-state index in [0.717, 1.165) is 5.56 Å². The number of nitro groups is 1. The summed E-state index contributed by atoms with van der Waals surface area (Å²) in [4.78, 5) is 21.5. The summed E-state index contributed by atoms with van der Waals surface area (Å²) < 4.78 is 5.47. The molecule has 1 saturated heterocycles. The lowest BCUT2D eigenvalue weighted by Crippen LogP contribution is -2.30. The molecule has 1 heterocycles. The average molecular weight is 279 g/mol. The number of nitrogens with two attached hydrogens (primary N) is 1. The van der Waals surface area contributed by atoms with Crippen LogP contribution in [0, 0.1) is 17.0 Å². The normalized spacial score (nSPS) is 21.6. The number of rotatable bonds is 5. The van der Waals surface area contributed by atoms with Crippen LogP contribution in [-0.2, 0) is 9.53 Å². The third-order valence-corrected chi connectivity index (χ3v) is 3.29. The Bertz CT molecular complexity index is 532. The molecule has 0 aliphatic carbocycles. The van der Waals surface area contributed by atoms with Crippen molar-refractivity contribution in [3.8, 4) is 0 Å². The molecule has 2 unspecified atom stereocenters. The van der Waals surface area contributed by atoms with Crippen LogP contribution < -0.4 is 11.1 Å². The van der Waals surface area contributed by atoms with E-state index in [1.54, 1.807) is 12.1 Å². The molecule has 7 heteroatoms. The minimum atomic E-state index is -0.547. The summed E-state index contributed by atoms with van der Waals surface area (Å²) in [6, 6.07) is 4.89. The Kier molecular flexibility index (Phi) is 4.19. The van der Waals surface area contributed by atoms with Gasteiger partial charge in [0.25, 0.3) is 5.69 Å². The van der Waals surface area contributed by atoms with E-state index in [4.69, 9.17) is 10.5 Å². The summed E-state index contributed by atoms with van der Waals surface area (Å²) in [6.07, 6.45) is 0.597. The standard InChI is InChI=1S/C13H17N3O4/c1-8-2-4-11(16(18)19)10(6-8)15-7-9-3-5-12(20-9)13(14)17/h2,4,6,9,12,15H,3,5,7H2,1H3,(H2,14,17). The maximum Gasteiger partial charge on any atom is 0.292 e. The molecule has 0 saturated carbocycles. The van der Waals surface area contributed by atoms with E-state index in [-0.39, 0.29) is 11.8 Å². The van der Waals surface area contributed by atoms with Crippen molar-refractivity contribution in [3.63, 3.8) is 0 Å². The van der Waals surface area contributed by atoms with Crippen LogP contribution in [0.25, 0.3) is 0 Å². The molecule has 3 N–H and O–H groups in total. The van der Waals surface area contributed by atoms with Gasteiger partial charge in [0.1, 0.15) is 11.8 Å². The molecular weight excluding hydrogens is 262 g/mol. The number of ether oxygens (including phenoxy) is 1. The third-order valence-electron chi connectivity index (χ3n) is 3.29. The smallest absolute Gasteiger partial charge is 0.292 e. The zero-order valence-corrected chi connectivity index (χ0v) is 11.2. The van der Waals surface area contributed by atoms with Crippen LogP contribution in [0.5, 0.6) is 0 Å². The number of amides is 1. The van der Waals surface area contributed by atoms with Crippen LogP contribution in [0.3, 0.4) is 0 Å². The number of benzene rings is 1. The fraction of sp³-hybridized carbons (Fsp3) is 0.462. The number of carbonyl (C=O) groups excluding carboxylic acids is 1. The van der Waals surface area contributed by atoms with Crippen LogP contribution in [0.2, 0.25) is 0 Å². The molecule has 1 aromatic rings. The summed E-state index contributed by atoms with van der Waals surface area (Å²) in [6.45, 7) is 2.28. The van der Waals surface area contributed by atoms with E-state index >= 15 is 0 Å². The first-order valence-corrected chi connectivity index (χ1v) is 6.41. The van der Waals surface area contributed by atoms with Crippen molar-refractivity contribution in [2.75, 3.05) is 11.9 Å². The zero-order valence-electron chi connectivity index (χ0n) is 11.2. The molecule has 0 bridgehead atoms. The van der Waals surface area contributed by atoms with Crippen molar-refractivity contribution in [3.05, 3.63) is 33.9 Å². The molecule has 1 aliphatic heterocycles. The van der Waals surface area contributed by atoms with Crippen molar-refractivity contribution in [2.24, 2.45) is 5.73 Å². The number of nitro benzene ring substituents is 1. The van der Waals surface area contributed by atoms with Crippen molar-refractivity contribution in [1.82, 2.24) is 0 Å². The molecule has 20 heavy (non-hydrogen) atoms. The lowest BCUT2D eigenvalue weighted by Gasteiger charge is -2.14. The van der Waals surface area contributed by atoms with Gasteiger partial charge in [0, 0.05) is 12.6 Å². The Labute approximate surface area is 116 Å². The Morgan fingerprint density at radius 1 is 1.55 bits per heavy atom. The van der Waals surface area contributed by atoms with E-state index in [0.29, 0.717) is 25.1 Å². The van der Waals surface area contributed by atoms with E-state index in [9.17, 15) is 14.9 Å². The fourth-order valence-corrected chi connectivity index (χ4v) is 2.24. The lowest BCUT2D eigenvalue weighted by molar-refractivity contribution is -0.384. The van der Waals surface area contributed by atoms with Crippen LogP contribution >= 0.6 is 0 Å². The van der Waals surface area contributed by atoms with Gasteiger partial charge in [0.05, 0.1) is 11.0 Å². The Balaban J connectivity index is 1.99. The molecule has 1 amide bonds. The van der Waals surface area contributed by atoms with Gasteiger partial charge in [-0.05, 0) is 31.4 Å². The number of nitrogens with one attached hydrogen (secondary N) is 1. The number of hydrogen-bond donors (Lipinski definition) is 2. The van der Waals surface area contributed by atoms with Crippen molar-refractivity contribution in [2.45, 2.75) is 32.0 Å². The number of anilines is 1. The molecule has 1 aromatic carbocycles. The van der Waals surface area contributed by atoms with E-state index in [1.165, 1.54) is 6.07 Å². The van der Waals surface area contributed by atoms with Gasteiger partial charge in [-0.15, -0.1) is 0 Å². The highest BCUT2D eigenvalue weighted by Crippen LogP contribution is 2.26. The molecular formula is C13H17N3O4. The molecule has 2 rings (SSSR count). The summed E-state index contributed by atoms with van der Waals surface area (Å²) >= 11 is 0. The number of carbonyl (C=O) groups is 1. The third kappa shape index (κ3) is 3.24. The highest BCUT2D eigenvalue weighted by molar-refractivity contribution is 5.79. The minimum absolute atomic E-state index is 0.0278. The van der Waals surface area contributed by atoms with Gasteiger partial charge < -0.3 is 15.8 Å². The second-order valence-corrected chi connectivity index (χ2v) is 4.89. The van der Waals surface area contributed by atoms with Crippen LogP contribution in [0.15, 0.2) is 18.2 Å². The maximum absolute atomic E-state index is 11.0. The maximum atomic E-state index is 11.0. The van der Waals surface area contributed by atoms with Gasteiger partial charge in [-0.3, -0.25) is 14.9 Å². The quantitative estimate of drug-likeness (QED) is 0.624. The molecule has 1 aliphatic rings. The van der Waals surface area contributed by atoms with Gasteiger partial charge >= 0.3 is 0 Å². The molecule has 108 valence electrons. The summed E-state index contributed by atoms with van der Waals surface area (Å²) in [5, 5.41) is 14.0. The highest BCUT2D eigenvalue weighted by Gasteiger charge is 2.29. The van der Waals surface area contributed by atoms with Crippen LogP contribution in [0.4, 0.5) is 11.4 Å². The first-order valence-electron chi connectivity index (χ1n) is 6.41. The molecule has 0 spiro atoms. The molecule has 7 nitrogen and oxygen atoms in total. The van der Waals surface area contributed by atoms with E-state index in [1.807, 2.05) is 6.92 Å². The lowest BCUT2D eigenvalue weighted by atomic mass is 10.1. The van der Waals surface area contributed by atoms with E-state index in [2.05, 4.69) is 5.32 Å². The predicted octanol–water partition coefficient (Wildman–Crippen LogP) is 1.35.